The number of hydrogen-bond acceptors (Lipinski definition) is 5. The molecule has 3 heterocycles. The van der Waals surface area contributed by atoms with Crippen LogP contribution in [0.15, 0.2) is 35.2 Å². The lowest BCUT2D eigenvalue weighted by Crippen LogP contribution is -2.37. The van der Waals surface area contributed by atoms with Gasteiger partial charge in [-0.3, -0.25) is 15.0 Å². The molecular weight excluding hydrogens is 423 g/mol. The largest absolute Gasteiger partial charge is 0.336 e. The number of carbonyl (C=O) groups excluding carboxylic acids is 1. The predicted octanol–water partition coefficient (Wildman–Crippen LogP) is 2.09. The Labute approximate surface area is 179 Å². The Bertz CT molecular complexity index is 1180. The van der Waals surface area contributed by atoms with Gasteiger partial charge in [-0.05, 0) is 50.6 Å². The summed E-state index contributed by atoms with van der Waals surface area (Å²) in [5.74, 6) is -0.601. The molecular formula is C20H23FN6O3S. The van der Waals surface area contributed by atoms with E-state index in [0.717, 1.165) is 0 Å². The molecule has 2 N–H and O–H groups in total. The van der Waals surface area contributed by atoms with Gasteiger partial charge in [0, 0.05) is 31.7 Å². The third-order valence-electron chi connectivity index (χ3n) is 5.35. The fourth-order valence-corrected chi connectivity index (χ4v) is 5.56. The average molecular weight is 447 g/mol. The van der Waals surface area contributed by atoms with Gasteiger partial charge in [0.1, 0.15) is 16.4 Å². The molecule has 0 saturated carbocycles. The van der Waals surface area contributed by atoms with Crippen molar-refractivity contribution in [3.05, 3.63) is 53.2 Å². The lowest BCUT2D eigenvalue weighted by molar-refractivity contribution is 0.0758. The van der Waals surface area contributed by atoms with Crippen LogP contribution in [0.3, 0.4) is 0 Å². The van der Waals surface area contributed by atoms with E-state index in [1.165, 1.54) is 16.4 Å². The van der Waals surface area contributed by atoms with E-state index in [0.29, 0.717) is 47.8 Å². The summed E-state index contributed by atoms with van der Waals surface area (Å²) in [5, 5.41) is 13.6. The smallest absolute Gasteiger partial charge is 0.271 e. The van der Waals surface area contributed by atoms with Gasteiger partial charge in [0.2, 0.25) is 10.0 Å². The van der Waals surface area contributed by atoms with Crippen molar-refractivity contribution in [3.63, 3.8) is 0 Å². The molecule has 1 saturated heterocycles. The Morgan fingerprint density at radius 3 is 2.45 bits per heavy atom. The minimum absolute atomic E-state index is 0.192. The molecule has 4 rings (SSSR count). The molecule has 0 aliphatic carbocycles. The summed E-state index contributed by atoms with van der Waals surface area (Å²) in [7, 11) is -3.70. The normalized spacial score (nSPS) is 15.8. The van der Waals surface area contributed by atoms with Crippen LogP contribution < -0.4 is 0 Å². The molecule has 164 valence electrons. The van der Waals surface area contributed by atoms with Crippen molar-refractivity contribution >= 4 is 15.9 Å². The fourth-order valence-electron chi connectivity index (χ4n) is 3.76. The second-order valence-corrected chi connectivity index (χ2v) is 9.36. The fraction of sp³-hybridized carbons (Fsp3) is 0.350. The monoisotopic (exact) mass is 446 g/mol. The minimum Gasteiger partial charge on any atom is -0.336 e. The highest BCUT2D eigenvalue weighted by molar-refractivity contribution is 7.89. The zero-order valence-corrected chi connectivity index (χ0v) is 18.0. The van der Waals surface area contributed by atoms with Crippen molar-refractivity contribution in [2.45, 2.75) is 25.2 Å². The molecule has 2 aromatic heterocycles. The topological polar surface area (TPSA) is 115 Å². The number of sulfonamides is 1. The number of halogens is 1. The van der Waals surface area contributed by atoms with Crippen LogP contribution >= 0.6 is 0 Å². The Kier molecular flexibility index (Phi) is 5.63. The van der Waals surface area contributed by atoms with Crippen molar-refractivity contribution in [2.24, 2.45) is 0 Å². The van der Waals surface area contributed by atoms with Crippen molar-refractivity contribution < 1.29 is 17.6 Å². The number of aromatic nitrogens is 4. The van der Waals surface area contributed by atoms with Gasteiger partial charge < -0.3 is 4.90 Å². The van der Waals surface area contributed by atoms with Crippen molar-refractivity contribution in [3.8, 4) is 11.3 Å². The SMILES string of the molecule is Cc1n[nH]c(C)c1S(=O)(=O)N1CCCN(C(=O)c2cc(-c3ccc(F)cc3)n[nH]2)CC1. The quantitative estimate of drug-likeness (QED) is 0.637. The summed E-state index contributed by atoms with van der Waals surface area (Å²) in [6.07, 6.45) is 0.514. The molecule has 0 unspecified atom stereocenters. The van der Waals surface area contributed by atoms with Gasteiger partial charge in [0.25, 0.3) is 5.91 Å². The van der Waals surface area contributed by atoms with E-state index in [1.807, 2.05) is 0 Å². The van der Waals surface area contributed by atoms with E-state index < -0.39 is 10.0 Å². The summed E-state index contributed by atoms with van der Waals surface area (Å²) >= 11 is 0. The molecule has 1 amide bonds. The maximum absolute atomic E-state index is 13.1. The summed E-state index contributed by atoms with van der Waals surface area (Å²) < 4.78 is 40.7. The number of rotatable bonds is 4. The molecule has 1 aromatic carbocycles. The van der Waals surface area contributed by atoms with Crippen molar-refractivity contribution in [1.29, 1.82) is 0 Å². The van der Waals surface area contributed by atoms with Crippen LogP contribution in [0.1, 0.15) is 28.3 Å². The highest BCUT2D eigenvalue weighted by Crippen LogP contribution is 2.23. The second-order valence-electron chi connectivity index (χ2n) is 7.49. The predicted molar refractivity (Wildman–Crippen MR) is 111 cm³/mol. The second kappa shape index (κ2) is 8.23. The third-order valence-corrected chi connectivity index (χ3v) is 7.51. The number of benzene rings is 1. The minimum atomic E-state index is -3.70. The van der Waals surface area contributed by atoms with E-state index in [4.69, 9.17) is 0 Å². The maximum atomic E-state index is 13.1. The first-order valence-corrected chi connectivity index (χ1v) is 11.3. The van der Waals surface area contributed by atoms with Crippen molar-refractivity contribution in [1.82, 2.24) is 29.6 Å². The van der Waals surface area contributed by atoms with E-state index in [9.17, 15) is 17.6 Å². The molecule has 0 bridgehead atoms. The number of aryl methyl sites for hydroxylation is 2. The first-order valence-electron chi connectivity index (χ1n) is 9.89. The number of carbonyl (C=O) groups is 1. The van der Waals surface area contributed by atoms with Crippen molar-refractivity contribution in [2.75, 3.05) is 26.2 Å². The third kappa shape index (κ3) is 4.10. The average Bonchev–Trinajstić information content (AvgIpc) is 3.26. The summed E-state index contributed by atoms with van der Waals surface area (Å²) in [6.45, 7) is 4.54. The summed E-state index contributed by atoms with van der Waals surface area (Å²) in [6, 6.07) is 7.47. The van der Waals surface area contributed by atoms with Crippen LogP contribution in [-0.2, 0) is 10.0 Å². The molecule has 1 aliphatic heterocycles. The molecule has 3 aromatic rings. The number of nitrogens with one attached hydrogen (secondary N) is 2. The zero-order chi connectivity index (χ0) is 22.2. The summed E-state index contributed by atoms with van der Waals surface area (Å²) in [5.41, 5.74) is 2.46. The van der Waals surface area contributed by atoms with Crippen LogP contribution in [0.25, 0.3) is 11.3 Å². The standard InChI is InChI=1S/C20H23FN6O3S/c1-13-19(14(2)23-22-13)31(29,30)27-9-3-8-26(10-11-27)20(28)18-12-17(24-25-18)15-4-6-16(21)7-5-15/h4-7,12H,3,8-11H2,1-2H3,(H,22,23)(H,24,25). The van der Waals surface area contributed by atoms with Gasteiger partial charge in [-0.2, -0.15) is 14.5 Å². The first kappa shape index (κ1) is 21.2. The number of hydrogen-bond donors (Lipinski definition) is 2. The zero-order valence-electron chi connectivity index (χ0n) is 17.2. The Morgan fingerprint density at radius 2 is 1.77 bits per heavy atom. The molecule has 0 spiro atoms. The van der Waals surface area contributed by atoms with Gasteiger partial charge in [-0.25, -0.2) is 12.8 Å². The molecule has 1 aliphatic rings. The highest BCUT2D eigenvalue weighted by Gasteiger charge is 2.32. The van der Waals surface area contributed by atoms with E-state index in [-0.39, 0.29) is 29.7 Å². The van der Waals surface area contributed by atoms with E-state index in [1.54, 1.807) is 36.9 Å². The lowest BCUT2D eigenvalue weighted by Gasteiger charge is -2.21. The molecule has 0 radical (unpaired) electrons. The van der Waals surface area contributed by atoms with Gasteiger partial charge in [-0.15, -0.1) is 0 Å². The van der Waals surface area contributed by atoms with Crippen LogP contribution in [0.5, 0.6) is 0 Å². The van der Waals surface area contributed by atoms with E-state index >= 15 is 0 Å². The molecule has 11 heteroatoms. The first-order chi connectivity index (χ1) is 14.8. The number of aromatic amines is 2. The van der Waals surface area contributed by atoms with Crippen LogP contribution in [0.4, 0.5) is 4.39 Å². The number of amides is 1. The Balaban J connectivity index is 1.48. The van der Waals surface area contributed by atoms with Crippen LogP contribution in [0, 0.1) is 19.7 Å². The Morgan fingerprint density at radius 1 is 1.03 bits per heavy atom. The highest BCUT2D eigenvalue weighted by atomic mass is 32.2. The van der Waals surface area contributed by atoms with Gasteiger partial charge in [0.15, 0.2) is 0 Å². The molecule has 1 fully saturated rings. The van der Waals surface area contributed by atoms with Gasteiger partial charge >= 0.3 is 0 Å². The van der Waals surface area contributed by atoms with Crippen LogP contribution in [0.2, 0.25) is 0 Å². The molecule has 0 atom stereocenters. The molecule has 9 nitrogen and oxygen atoms in total. The number of nitrogens with zero attached hydrogens (tertiary/aromatic N) is 4. The number of H-pyrrole nitrogens is 2. The van der Waals surface area contributed by atoms with Gasteiger partial charge in [0.05, 0.1) is 17.1 Å². The van der Waals surface area contributed by atoms with Gasteiger partial charge in [-0.1, -0.05) is 0 Å². The van der Waals surface area contributed by atoms with E-state index in [2.05, 4.69) is 20.4 Å². The summed E-state index contributed by atoms with van der Waals surface area (Å²) in [4.78, 5) is 14.8. The van der Waals surface area contributed by atoms with Crippen LogP contribution in [-0.4, -0.2) is 70.1 Å². The molecule has 31 heavy (non-hydrogen) atoms. The Hall–Kier alpha value is -3.05. The lowest BCUT2D eigenvalue weighted by atomic mass is 10.1. The maximum Gasteiger partial charge on any atom is 0.271 e.